The van der Waals surface area contributed by atoms with Crippen LogP contribution >= 0.6 is 0 Å². The first-order valence-electron chi connectivity index (χ1n) is 6.01. The van der Waals surface area contributed by atoms with Crippen molar-refractivity contribution in [2.24, 2.45) is 0 Å². The molecule has 1 aliphatic rings. The highest BCUT2D eigenvalue weighted by molar-refractivity contribution is 5.41. The Labute approximate surface area is 96.9 Å². The van der Waals surface area contributed by atoms with Crippen LogP contribution in [0.25, 0.3) is 0 Å². The number of hydrogen-bond donors (Lipinski definition) is 2. The van der Waals surface area contributed by atoms with Crippen LogP contribution in [0.2, 0.25) is 0 Å². The second-order valence-corrected chi connectivity index (χ2v) is 4.55. The summed E-state index contributed by atoms with van der Waals surface area (Å²) in [5.74, 6) is 0. The number of anilines is 1. The maximum absolute atomic E-state index is 10.1. The summed E-state index contributed by atoms with van der Waals surface area (Å²) in [6, 6.07) is 7.53. The Morgan fingerprint density at radius 3 is 2.69 bits per heavy atom. The van der Waals surface area contributed by atoms with Crippen LogP contribution in [0.15, 0.2) is 24.3 Å². The molecule has 1 fully saturated rings. The molecule has 3 heteroatoms. The zero-order valence-corrected chi connectivity index (χ0v) is 9.60. The zero-order valence-electron chi connectivity index (χ0n) is 9.60. The normalized spacial score (nSPS) is 19.6. The minimum atomic E-state index is -0.415. The Kier molecular flexibility index (Phi) is 3.80. The van der Waals surface area contributed by atoms with Crippen LogP contribution in [-0.4, -0.2) is 29.6 Å². The summed E-state index contributed by atoms with van der Waals surface area (Å²) in [4.78, 5) is 2.33. The quantitative estimate of drug-likeness (QED) is 0.763. The fourth-order valence-electron chi connectivity index (χ4n) is 2.26. The van der Waals surface area contributed by atoms with Gasteiger partial charge in [-0.25, -0.2) is 0 Å². The van der Waals surface area contributed by atoms with E-state index < -0.39 is 6.10 Å². The summed E-state index contributed by atoms with van der Waals surface area (Å²) < 4.78 is 0. The number of rotatable bonds is 3. The molecule has 0 aliphatic carbocycles. The summed E-state index contributed by atoms with van der Waals surface area (Å²) in [7, 11) is 0. The molecule has 3 N–H and O–H groups in total. The first-order valence-corrected chi connectivity index (χ1v) is 6.01. The molecule has 0 bridgehead atoms. The highest BCUT2D eigenvalue weighted by atomic mass is 16.3. The number of benzene rings is 1. The monoisotopic (exact) mass is 220 g/mol. The molecule has 16 heavy (non-hydrogen) atoms. The number of piperidine rings is 1. The van der Waals surface area contributed by atoms with Crippen LogP contribution < -0.4 is 5.73 Å². The minimum Gasteiger partial charge on any atom is -0.399 e. The van der Waals surface area contributed by atoms with Crippen LogP contribution in [0.3, 0.4) is 0 Å². The molecule has 2 rings (SSSR count). The van der Waals surface area contributed by atoms with Gasteiger partial charge in [0.05, 0.1) is 6.10 Å². The summed E-state index contributed by atoms with van der Waals surface area (Å²) in [6.07, 6.45) is 3.42. The van der Waals surface area contributed by atoms with Gasteiger partial charge in [0, 0.05) is 12.2 Å². The third-order valence-corrected chi connectivity index (χ3v) is 3.18. The van der Waals surface area contributed by atoms with Crippen molar-refractivity contribution in [3.05, 3.63) is 29.8 Å². The lowest BCUT2D eigenvalue weighted by molar-refractivity contribution is 0.101. The molecule has 1 aliphatic heterocycles. The van der Waals surface area contributed by atoms with Crippen LogP contribution in [0.5, 0.6) is 0 Å². The fourth-order valence-corrected chi connectivity index (χ4v) is 2.26. The highest BCUT2D eigenvalue weighted by Gasteiger charge is 2.15. The predicted molar refractivity (Wildman–Crippen MR) is 66.1 cm³/mol. The first kappa shape index (κ1) is 11.4. The van der Waals surface area contributed by atoms with Crippen molar-refractivity contribution in [2.45, 2.75) is 25.4 Å². The molecule has 0 aromatic heterocycles. The predicted octanol–water partition coefficient (Wildman–Crippen LogP) is 1.79. The molecule has 1 aromatic rings. The summed E-state index contributed by atoms with van der Waals surface area (Å²) in [5, 5.41) is 10.1. The van der Waals surface area contributed by atoms with E-state index in [9.17, 15) is 5.11 Å². The highest BCUT2D eigenvalue weighted by Crippen LogP contribution is 2.18. The van der Waals surface area contributed by atoms with Gasteiger partial charge in [0.1, 0.15) is 0 Å². The SMILES string of the molecule is Nc1cccc([C@@H](O)CN2CCCCC2)c1. The van der Waals surface area contributed by atoms with Gasteiger partial charge in [0.15, 0.2) is 0 Å². The maximum Gasteiger partial charge on any atom is 0.0917 e. The van der Waals surface area contributed by atoms with Crippen molar-refractivity contribution in [3.63, 3.8) is 0 Å². The van der Waals surface area contributed by atoms with E-state index in [4.69, 9.17) is 5.73 Å². The Balaban J connectivity index is 1.94. The number of aliphatic hydroxyl groups is 1. The van der Waals surface area contributed by atoms with Gasteiger partial charge in [-0.3, -0.25) is 0 Å². The summed E-state index contributed by atoms with van der Waals surface area (Å²) in [6.45, 7) is 2.95. The van der Waals surface area contributed by atoms with E-state index in [1.807, 2.05) is 24.3 Å². The largest absolute Gasteiger partial charge is 0.399 e. The zero-order chi connectivity index (χ0) is 11.4. The number of likely N-dealkylation sites (tertiary alicyclic amines) is 1. The molecular formula is C13H20N2O. The van der Waals surface area contributed by atoms with Gasteiger partial charge >= 0.3 is 0 Å². The van der Waals surface area contributed by atoms with Crippen LogP contribution in [0, 0.1) is 0 Å². The molecule has 0 saturated carbocycles. The van der Waals surface area contributed by atoms with E-state index in [0.29, 0.717) is 0 Å². The number of nitrogen functional groups attached to an aromatic ring is 1. The van der Waals surface area contributed by atoms with Gasteiger partial charge in [-0.15, -0.1) is 0 Å². The molecule has 88 valence electrons. The van der Waals surface area contributed by atoms with Crippen molar-refractivity contribution in [1.29, 1.82) is 0 Å². The topological polar surface area (TPSA) is 49.5 Å². The standard InChI is InChI=1S/C13H20N2O/c14-12-6-4-5-11(9-12)13(16)10-15-7-2-1-3-8-15/h4-6,9,13,16H,1-3,7-8,10,14H2/t13-/m0/s1. The number of nitrogens with zero attached hydrogens (tertiary/aromatic N) is 1. The fraction of sp³-hybridized carbons (Fsp3) is 0.538. The number of hydrogen-bond acceptors (Lipinski definition) is 3. The van der Waals surface area contributed by atoms with E-state index in [0.717, 1.165) is 30.9 Å². The molecular weight excluding hydrogens is 200 g/mol. The number of nitrogens with two attached hydrogens (primary N) is 1. The van der Waals surface area contributed by atoms with E-state index >= 15 is 0 Å². The lowest BCUT2D eigenvalue weighted by Gasteiger charge is -2.28. The van der Waals surface area contributed by atoms with Crippen molar-refractivity contribution in [2.75, 3.05) is 25.4 Å². The second kappa shape index (κ2) is 5.32. The second-order valence-electron chi connectivity index (χ2n) is 4.55. The Hall–Kier alpha value is -1.06. The molecule has 1 heterocycles. The summed E-state index contributed by atoms with van der Waals surface area (Å²) >= 11 is 0. The van der Waals surface area contributed by atoms with Crippen LogP contribution in [0.1, 0.15) is 30.9 Å². The number of β-amino-alcohol motifs (C(OH)–C–C–N with tert-alkyl or cyclic N) is 1. The third-order valence-electron chi connectivity index (χ3n) is 3.18. The minimum absolute atomic E-state index is 0.415. The molecule has 1 aromatic carbocycles. The Morgan fingerprint density at radius 2 is 2.00 bits per heavy atom. The molecule has 3 nitrogen and oxygen atoms in total. The molecule has 0 amide bonds. The van der Waals surface area contributed by atoms with Gasteiger partial charge < -0.3 is 15.7 Å². The van der Waals surface area contributed by atoms with E-state index in [2.05, 4.69) is 4.90 Å². The molecule has 0 radical (unpaired) electrons. The number of aliphatic hydroxyl groups excluding tert-OH is 1. The molecule has 0 unspecified atom stereocenters. The van der Waals surface area contributed by atoms with Gasteiger partial charge in [0.2, 0.25) is 0 Å². The van der Waals surface area contributed by atoms with E-state index in [1.54, 1.807) is 0 Å². The van der Waals surface area contributed by atoms with Crippen molar-refractivity contribution >= 4 is 5.69 Å². The molecule has 1 saturated heterocycles. The lowest BCUT2D eigenvalue weighted by atomic mass is 10.1. The van der Waals surface area contributed by atoms with Crippen molar-refractivity contribution in [3.8, 4) is 0 Å². The van der Waals surface area contributed by atoms with E-state index in [-0.39, 0.29) is 0 Å². The molecule has 0 spiro atoms. The first-order chi connectivity index (χ1) is 7.75. The van der Waals surface area contributed by atoms with Crippen molar-refractivity contribution in [1.82, 2.24) is 4.90 Å². The molecule has 1 atom stereocenters. The van der Waals surface area contributed by atoms with Gasteiger partial charge in [-0.2, -0.15) is 0 Å². The lowest BCUT2D eigenvalue weighted by Crippen LogP contribution is -2.33. The smallest absolute Gasteiger partial charge is 0.0917 e. The van der Waals surface area contributed by atoms with Crippen LogP contribution in [-0.2, 0) is 0 Å². The average molecular weight is 220 g/mol. The third kappa shape index (κ3) is 2.97. The Bertz CT molecular complexity index is 334. The average Bonchev–Trinajstić information content (AvgIpc) is 2.30. The Morgan fingerprint density at radius 1 is 1.25 bits per heavy atom. The van der Waals surface area contributed by atoms with Crippen LogP contribution in [0.4, 0.5) is 5.69 Å². The van der Waals surface area contributed by atoms with Gasteiger partial charge in [-0.1, -0.05) is 18.6 Å². The van der Waals surface area contributed by atoms with Gasteiger partial charge in [-0.05, 0) is 43.6 Å². The van der Waals surface area contributed by atoms with Gasteiger partial charge in [0.25, 0.3) is 0 Å². The summed E-state index contributed by atoms with van der Waals surface area (Å²) in [5.41, 5.74) is 7.34. The van der Waals surface area contributed by atoms with Crippen molar-refractivity contribution < 1.29 is 5.11 Å². The maximum atomic E-state index is 10.1. The van der Waals surface area contributed by atoms with E-state index in [1.165, 1.54) is 19.3 Å².